The highest BCUT2D eigenvalue weighted by atomic mass is 16.5. The van der Waals surface area contributed by atoms with Crippen LogP contribution in [0.25, 0.3) is 0 Å². The minimum atomic E-state index is -0.326. The second-order valence-electron chi connectivity index (χ2n) is 6.65. The van der Waals surface area contributed by atoms with Crippen molar-refractivity contribution in [3.63, 3.8) is 0 Å². The average Bonchev–Trinajstić information content (AvgIpc) is 2.83. The number of amides is 1. The van der Waals surface area contributed by atoms with E-state index in [9.17, 15) is 9.59 Å². The van der Waals surface area contributed by atoms with Gasteiger partial charge in [0.1, 0.15) is 0 Å². The molecule has 114 valence electrons. The maximum Gasteiger partial charge on any atom is 0.338 e. The number of anilines is 1. The first-order chi connectivity index (χ1) is 9.87. The Kier molecular flexibility index (Phi) is 4.66. The molecule has 0 bridgehead atoms. The molecule has 0 aliphatic carbocycles. The molecule has 1 heterocycles. The number of hydrogen-bond donors (Lipinski definition) is 0. The van der Waals surface area contributed by atoms with Crippen LogP contribution in [0, 0.1) is 5.41 Å². The molecule has 0 saturated carbocycles. The number of rotatable bonds is 4. The molecule has 0 N–H and O–H groups in total. The third-order valence-electron chi connectivity index (χ3n) is 3.55. The number of nitrogens with zero attached hydrogens (tertiary/aromatic N) is 1. The van der Waals surface area contributed by atoms with Gasteiger partial charge in [-0.2, -0.15) is 0 Å². The summed E-state index contributed by atoms with van der Waals surface area (Å²) in [5, 5.41) is 0. The van der Waals surface area contributed by atoms with Crippen molar-refractivity contribution < 1.29 is 14.3 Å². The molecule has 1 aliphatic heterocycles. The summed E-state index contributed by atoms with van der Waals surface area (Å²) in [4.78, 5) is 25.5. The van der Waals surface area contributed by atoms with Gasteiger partial charge in [-0.25, -0.2) is 4.79 Å². The van der Waals surface area contributed by atoms with Gasteiger partial charge in [0.05, 0.1) is 12.2 Å². The standard InChI is InChI=1S/C17H23NO3/c1-17(2,3)9-11-21-16(20)13-6-4-7-14(12-13)18-10-5-8-15(18)19/h4,6-7,12H,5,8-11H2,1-3H3. The molecular weight excluding hydrogens is 266 g/mol. The Balaban J connectivity index is 2.00. The topological polar surface area (TPSA) is 46.6 Å². The van der Waals surface area contributed by atoms with E-state index in [2.05, 4.69) is 20.8 Å². The molecule has 0 aromatic heterocycles. The molecule has 0 spiro atoms. The number of benzene rings is 1. The summed E-state index contributed by atoms with van der Waals surface area (Å²) in [6, 6.07) is 7.11. The highest BCUT2D eigenvalue weighted by molar-refractivity contribution is 5.97. The second-order valence-corrected chi connectivity index (χ2v) is 6.65. The summed E-state index contributed by atoms with van der Waals surface area (Å²) in [5.74, 6) is -0.207. The van der Waals surface area contributed by atoms with Crippen LogP contribution in [0.1, 0.15) is 50.4 Å². The van der Waals surface area contributed by atoms with Gasteiger partial charge in [-0.3, -0.25) is 4.79 Å². The van der Waals surface area contributed by atoms with Crippen LogP contribution in [-0.4, -0.2) is 25.0 Å². The second kappa shape index (κ2) is 6.29. The van der Waals surface area contributed by atoms with Crippen molar-refractivity contribution in [3.8, 4) is 0 Å². The Hall–Kier alpha value is -1.84. The van der Waals surface area contributed by atoms with Crippen molar-refractivity contribution in [2.75, 3.05) is 18.1 Å². The molecule has 1 aromatic carbocycles. The Bertz CT molecular complexity index is 531. The highest BCUT2D eigenvalue weighted by Gasteiger charge is 2.22. The molecule has 21 heavy (non-hydrogen) atoms. The quantitative estimate of drug-likeness (QED) is 0.798. The number of carbonyl (C=O) groups excluding carboxylic acids is 2. The van der Waals surface area contributed by atoms with Gasteiger partial charge >= 0.3 is 5.97 Å². The van der Waals surface area contributed by atoms with Crippen LogP contribution in [0.15, 0.2) is 24.3 Å². The fourth-order valence-electron chi connectivity index (χ4n) is 2.26. The van der Waals surface area contributed by atoms with Gasteiger partial charge in [0.2, 0.25) is 5.91 Å². The molecule has 4 heteroatoms. The van der Waals surface area contributed by atoms with E-state index in [0.717, 1.165) is 25.1 Å². The summed E-state index contributed by atoms with van der Waals surface area (Å²) in [5.41, 5.74) is 1.42. The van der Waals surface area contributed by atoms with Crippen LogP contribution < -0.4 is 4.90 Å². The fourth-order valence-corrected chi connectivity index (χ4v) is 2.26. The molecule has 0 unspecified atom stereocenters. The lowest BCUT2D eigenvalue weighted by Crippen LogP contribution is -2.24. The van der Waals surface area contributed by atoms with Gasteiger partial charge in [0.15, 0.2) is 0 Å². The lowest BCUT2D eigenvalue weighted by atomic mass is 9.93. The molecule has 0 atom stereocenters. The predicted octanol–water partition coefficient (Wildman–Crippen LogP) is 3.41. The van der Waals surface area contributed by atoms with E-state index >= 15 is 0 Å². The molecule has 1 saturated heterocycles. The summed E-state index contributed by atoms with van der Waals surface area (Å²) in [6.07, 6.45) is 2.28. The number of ether oxygens (including phenoxy) is 1. The van der Waals surface area contributed by atoms with Crippen LogP contribution >= 0.6 is 0 Å². The van der Waals surface area contributed by atoms with Crippen LogP contribution in [0.3, 0.4) is 0 Å². The zero-order valence-electron chi connectivity index (χ0n) is 13.0. The van der Waals surface area contributed by atoms with Crippen molar-refractivity contribution in [1.82, 2.24) is 0 Å². The Labute approximate surface area is 126 Å². The van der Waals surface area contributed by atoms with Gasteiger partial charge in [-0.05, 0) is 36.5 Å². The Morgan fingerprint density at radius 2 is 2.10 bits per heavy atom. The van der Waals surface area contributed by atoms with Crippen LogP contribution in [0.4, 0.5) is 5.69 Å². The van der Waals surface area contributed by atoms with E-state index in [0.29, 0.717) is 18.6 Å². The molecule has 1 fully saturated rings. The first-order valence-corrected chi connectivity index (χ1v) is 7.44. The first-order valence-electron chi connectivity index (χ1n) is 7.44. The lowest BCUT2D eigenvalue weighted by molar-refractivity contribution is -0.117. The summed E-state index contributed by atoms with van der Waals surface area (Å²) >= 11 is 0. The predicted molar refractivity (Wildman–Crippen MR) is 82.4 cm³/mol. The SMILES string of the molecule is CC(C)(C)CCOC(=O)c1cccc(N2CCCC2=O)c1. The maximum absolute atomic E-state index is 12.1. The van der Waals surface area contributed by atoms with Gasteiger partial charge < -0.3 is 9.64 Å². The normalized spacial score (nSPS) is 15.4. The summed E-state index contributed by atoms with van der Waals surface area (Å²) in [6.45, 7) is 7.47. The molecule has 1 amide bonds. The molecule has 0 radical (unpaired) electrons. The smallest absolute Gasteiger partial charge is 0.338 e. The average molecular weight is 289 g/mol. The lowest BCUT2D eigenvalue weighted by Gasteiger charge is -2.18. The highest BCUT2D eigenvalue weighted by Crippen LogP contribution is 2.23. The van der Waals surface area contributed by atoms with E-state index in [1.807, 2.05) is 6.07 Å². The molecule has 4 nitrogen and oxygen atoms in total. The fraction of sp³-hybridized carbons (Fsp3) is 0.529. The van der Waals surface area contributed by atoms with Gasteiger partial charge in [0.25, 0.3) is 0 Å². The van der Waals surface area contributed by atoms with E-state index in [-0.39, 0.29) is 17.3 Å². The summed E-state index contributed by atoms with van der Waals surface area (Å²) < 4.78 is 5.31. The van der Waals surface area contributed by atoms with Gasteiger partial charge in [-0.1, -0.05) is 26.8 Å². The van der Waals surface area contributed by atoms with Crippen molar-refractivity contribution in [1.29, 1.82) is 0 Å². The first kappa shape index (κ1) is 15.5. The van der Waals surface area contributed by atoms with Crippen molar-refractivity contribution >= 4 is 17.6 Å². The third-order valence-corrected chi connectivity index (χ3v) is 3.55. The third kappa shape index (κ3) is 4.31. The van der Waals surface area contributed by atoms with Crippen LogP contribution in [0.5, 0.6) is 0 Å². The largest absolute Gasteiger partial charge is 0.462 e. The minimum Gasteiger partial charge on any atom is -0.462 e. The van der Waals surface area contributed by atoms with E-state index in [1.165, 1.54) is 0 Å². The van der Waals surface area contributed by atoms with Crippen molar-refractivity contribution in [3.05, 3.63) is 29.8 Å². The number of hydrogen-bond acceptors (Lipinski definition) is 3. The van der Waals surface area contributed by atoms with Gasteiger partial charge in [0, 0.05) is 18.7 Å². The number of carbonyl (C=O) groups is 2. The van der Waals surface area contributed by atoms with Crippen molar-refractivity contribution in [2.24, 2.45) is 5.41 Å². The minimum absolute atomic E-state index is 0.119. The van der Waals surface area contributed by atoms with Crippen LogP contribution in [-0.2, 0) is 9.53 Å². The Morgan fingerprint density at radius 1 is 1.33 bits per heavy atom. The molecule has 1 aliphatic rings. The zero-order valence-corrected chi connectivity index (χ0v) is 13.0. The molecule has 2 rings (SSSR count). The summed E-state index contributed by atoms with van der Waals surface area (Å²) in [7, 11) is 0. The molecular formula is C17H23NO3. The molecule has 1 aromatic rings. The van der Waals surface area contributed by atoms with Crippen LogP contribution in [0.2, 0.25) is 0 Å². The maximum atomic E-state index is 12.1. The van der Waals surface area contributed by atoms with E-state index < -0.39 is 0 Å². The Morgan fingerprint density at radius 3 is 2.71 bits per heavy atom. The van der Waals surface area contributed by atoms with E-state index in [4.69, 9.17) is 4.74 Å². The monoisotopic (exact) mass is 289 g/mol. The van der Waals surface area contributed by atoms with Crippen molar-refractivity contribution in [2.45, 2.75) is 40.0 Å². The zero-order chi connectivity index (χ0) is 15.5. The van der Waals surface area contributed by atoms with Gasteiger partial charge in [-0.15, -0.1) is 0 Å². The number of esters is 1. The van der Waals surface area contributed by atoms with E-state index in [1.54, 1.807) is 23.1 Å².